The summed E-state index contributed by atoms with van der Waals surface area (Å²) in [5.74, 6) is 0.921. The van der Waals surface area contributed by atoms with Crippen molar-refractivity contribution in [1.29, 1.82) is 0 Å². The van der Waals surface area contributed by atoms with Crippen molar-refractivity contribution in [1.82, 2.24) is 4.98 Å². The fourth-order valence-corrected chi connectivity index (χ4v) is 1.36. The van der Waals surface area contributed by atoms with Crippen molar-refractivity contribution in [3.05, 3.63) is 59.8 Å². The molecule has 0 saturated carbocycles. The lowest BCUT2D eigenvalue weighted by Gasteiger charge is -2.05. The molecular formula is C13H14N2. The third-order valence-corrected chi connectivity index (χ3v) is 2.23. The highest BCUT2D eigenvalue weighted by Crippen LogP contribution is 2.06. The van der Waals surface area contributed by atoms with E-state index in [2.05, 4.69) is 28.5 Å². The Hall–Kier alpha value is -1.83. The summed E-state index contributed by atoms with van der Waals surface area (Å²) < 4.78 is 0. The number of rotatable bonds is 3. The number of pyridine rings is 1. The van der Waals surface area contributed by atoms with Gasteiger partial charge in [-0.1, -0.05) is 36.4 Å². The Morgan fingerprint density at radius 1 is 1.07 bits per heavy atom. The minimum Gasteiger partial charge on any atom is -0.366 e. The van der Waals surface area contributed by atoms with Crippen LogP contribution in [0, 0.1) is 6.92 Å². The summed E-state index contributed by atoms with van der Waals surface area (Å²) in [7, 11) is 0. The van der Waals surface area contributed by atoms with Gasteiger partial charge < -0.3 is 5.32 Å². The number of aryl methyl sites for hydroxylation is 1. The zero-order valence-electron chi connectivity index (χ0n) is 8.77. The summed E-state index contributed by atoms with van der Waals surface area (Å²) in [6.07, 6.45) is 1.87. The average Bonchev–Trinajstić information content (AvgIpc) is 2.30. The first-order valence-electron chi connectivity index (χ1n) is 5.05. The molecule has 0 atom stereocenters. The van der Waals surface area contributed by atoms with Crippen LogP contribution in [0.5, 0.6) is 0 Å². The maximum Gasteiger partial charge on any atom is 0.126 e. The fraction of sp³-hybridized carbons (Fsp3) is 0.154. The lowest BCUT2D eigenvalue weighted by atomic mass is 10.2. The largest absolute Gasteiger partial charge is 0.366 e. The molecule has 0 unspecified atom stereocenters. The summed E-state index contributed by atoms with van der Waals surface area (Å²) in [6.45, 7) is 2.85. The van der Waals surface area contributed by atoms with E-state index < -0.39 is 0 Å². The molecule has 1 N–H and O–H groups in total. The summed E-state index contributed by atoms with van der Waals surface area (Å²) in [4.78, 5) is 4.28. The molecule has 0 aliphatic carbocycles. The highest BCUT2D eigenvalue weighted by Gasteiger charge is 1.93. The molecule has 0 saturated heterocycles. The van der Waals surface area contributed by atoms with Crippen LogP contribution in [0.3, 0.4) is 0 Å². The Bertz CT molecular complexity index is 406. The van der Waals surface area contributed by atoms with E-state index in [9.17, 15) is 0 Å². The molecule has 0 bridgehead atoms. The minimum absolute atomic E-state index is 0.816. The van der Waals surface area contributed by atoms with E-state index in [0.29, 0.717) is 0 Å². The number of hydrogen-bond donors (Lipinski definition) is 1. The standard InChI is InChI=1S/C13H14N2/c1-11-7-8-13(14-9-11)15-10-12-5-3-2-4-6-12/h2-9H,10H2,1H3,(H,14,15). The lowest BCUT2D eigenvalue weighted by Crippen LogP contribution is -2.00. The van der Waals surface area contributed by atoms with E-state index in [1.807, 2.05) is 37.4 Å². The van der Waals surface area contributed by atoms with Crippen molar-refractivity contribution in [3.8, 4) is 0 Å². The highest BCUT2D eigenvalue weighted by molar-refractivity contribution is 5.36. The molecule has 2 rings (SSSR count). The van der Waals surface area contributed by atoms with E-state index >= 15 is 0 Å². The third-order valence-electron chi connectivity index (χ3n) is 2.23. The molecular weight excluding hydrogens is 184 g/mol. The predicted octanol–water partition coefficient (Wildman–Crippen LogP) is 3.00. The van der Waals surface area contributed by atoms with E-state index in [0.717, 1.165) is 12.4 Å². The van der Waals surface area contributed by atoms with Crippen LogP contribution >= 0.6 is 0 Å². The van der Waals surface area contributed by atoms with Crippen molar-refractivity contribution in [3.63, 3.8) is 0 Å². The molecule has 0 radical (unpaired) electrons. The quantitative estimate of drug-likeness (QED) is 0.820. The maximum atomic E-state index is 4.28. The van der Waals surface area contributed by atoms with Crippen LogP contribution in [0.2, 0.25) is 0 Å². The van der Waals surface area contributed by atoms with Gasteiger partial charge in [-0.25, -0.2) is 4.98 Å². The second-order valence-electron chi connectivity index (χ2n) is 3.56. The smallest absolute Gasteiger partial charge is 0.126 e. The van der Waals surface area contributed by atoms with Gasteiger partial charge >= 0.3 is 0 Å². The van der Waals surface area contributed by atoms with Crippen molar-refractivity contribution in [2.75, 3.05) is 5.32 Å². The van der Waals surface area contributed by atoms with E-state index in [1.165, 1.54) is 11.1 Å². The van der Waals surface area contributed by atoms with Gasteiger partial charge in [0.15, 0.2) is 0 Å². The zero-order chi connectivity index (χ0) is 10.5. The molecule has 2 heteroatoms. The first-order chi connectivity index (χ1) is 7.34. The number of nitrogens with zero attached hydrogens (tertiary/aromatic N) is 1. The first-order valence-corrected chi connectivity index (χ1v) is 5.05. The molecule has 0 spiro atoms. The predicted molar refractivity (Wildman–Crippen MR) is 62.7 cm³/mol. The minimum atomic E-state index is 0.816. The Kier molecular flexibility index (Phi) is 2.98. The second kappa shape index (κ2) is 4.60. The number of aromatic nitrogens is 1. The molecule has 0 amide bonds. The summed E-state index contributed by atoms with van der Waals surface area (Å²) in [6, 6.07) is 14.4. The van der Waals surface area contributed by atoms with Gasteiger partial charge in [0.1, 0.15) is 5.82 Å². The Morgan fingerprint density at radius 2 is 1.87 bits per heavy atom. The van der Waals surface area contributed by atoms with Gasteiger partial charge in [-0.2, -0.15) is 0 Å². The summed E-state index contributed by atoms with van der Waals surface area (Å²) in [5, 5.41) is 3.28. The van der Waals surface area contributed by atoms with Crippen LogP contribution in [-0.4, -0.2) is 4.98 Å². The molecule has 0 aliphatic rings. The molecule has 1 aromatic heterocycles. The summed E-state index contributed by atoms with van der Waals surface area (Å²) in [5.41, 5.74) is 2.44. The molecule has 1 heterocycles. The SMILES string of the molecule is Cc1ccc(NCc2ccccc2)nc1. The van der Waals surface area contributed by atoms with Crippen LogP contribution in [0.25, 0.3) is 0 Å². The second-order valence-corrected chi connectivity index (χ2v) is 3.56. The molecule has 0 aliphatic heterocycles. The van der Waals surface area contributed by atoms with Crippen LogP contribution in [0.4, 0.5) is 5.82 Å². The summed E-state index contributed by atoms with van der Waals surface area (Å²) >= 11 is 0. The molecule has 0 fully saturated rings. The molecule has 2 nitrogen and oxygen atoms in total. The molecule has 76 valence electrons. The fourth-order valence-electron chi connectivity index (χ4n) is 1.36. The third kappa shape index (κ3) is 2.81. The Balaban J connectivity index is 1.96. The molecule has 1 aromatic carbocycles. The van der Waals surface area contributed by atoms with Crippen molar-refractivity contribution >= 4 is 5.82 Å². The van der Waals surface area contributed by atoms with Crippen LogP contribution < -0.4 is 5.32 Å². The van der Waals surface area contributed by atoms with Gasteiger partial charge in [0.05, 0.1) is 0 Å². The van der Waals surface area contributed by atoms with Gasteiger partial charge in [0.2, 0.25) is 0 Å². The number of hydrogen-bond acceptors (Lipinski definition) is 2. The monoisotopic (exact) mass is 198 g/mol. The average molecular weight is 198 g/mol. The highest BCUT2D eigenvalue weighted by atomic mass is 15.0. The van der Waals surface area contributed by atoms with Crippen LogP contribution in [0.15, 0.2) is 48.7 Å². The van der Waals surface area contributed by atoms with Gasteiger partial charge in [0.25, 0.3) is 0 Å². The van der Waals surface area contributed by atoms with Crippen molar-refractivity contribution < 1.29 is 0 Å². The van der Waals surface area contributed by atoms with Gasteiger partial charge in [-0.3, -0.25) is 0 Å². The first kappa shape index (κ1) is 9.71. The van der Waals surface area contributed by atoms with Gasteiger partial charge in [-0.15, -0.1) is 0 Å². The number of anilines is 1. The normalized spacial score (nSPS) is 9.93. The molecule has 2 aromatic rings. The molecule has 15 heavy (non-hydrogen) atoms. The van der Waals surface area contributed by atoms with Crippen molar-refractivity contribution in [2.45, 2.75) is 13.5 Å². The number of nitrogens with one attached hydrogen (secondary N) is 1. The number of benzene rings is 1. The van der Waals surface area contributed by atoms with E-state index in [-0.39, 0.29) is 0 Å². The van der Waals surface area contributed by atoms with Gasteiger partial charge in [-0.05, 0) is 24.1 Å². The van der Waals surface area contributed by atoms with Crippen molar-refractivity contribution in [2.24, 2.45) is 0 Å². The topological polar surface area (TPSA) is 24.9 Å². The van der Waals surface area contributed by atoms with Crippen LogP contribution in [-0.2, 0) is 6.54 Å². The van der Waals surface area contributed by atoms with Gasteiger partial charge in [0, 0.05) is 12.7 Å². The van der Waals surface area contributed by atoms with Crippen LogP contribution in [0.1, 0.15) is 11.1 Å². The van der Waals surface area contributed by atoms with E-state index in [4.69, 9.17) is 0 Å². The Morgan fingerprint density at radius 3 is 2.53 bits per heavy atom. The maximum absolute atomic E-state index is 4.28. The Labute approximate surface area is 90.0 Å². The lowest BCUT2D eigenvalue weighted by molar-refractivity contribution is 1.11. The zero-order valence-corrected chi connectivity index (χ0v) is 8.77. The van der Waals surface area contributed by atoms with E-state index in [1.54, 1.807) is 0 Å².